The number of rotatable bonds is 3. The normalized spacial score (nSPS) is 11.2. The Hall–Kier alpha value is -1.05. The molecule has 0 aromatic heterocycles. The van der Waals surface area contributed by atoms with Gasteiger partial charge in [-0.1, -0.05) is 13.8 Å². The number of ether oxygens (including phenoxy) is 1. The zero-order valence-electron chi connectivity index (χ0n) is 10.1. The molecule has 0 saturated carbocycles. The monoisotopic (exact) mass is 210 g/mol. The Morgan fingerprint density at radius 3 is 2.13 bits per heavy atom. The molecule has 0 fully saturated rings. The molecule has 1 nitrogen and oxygen atoms in total. The summed E-state index contributed by atoms with van der Waals surface area (Å²) >= 11 is 0. The van der Waals surface area contributed by atoms with E-state index in [-0.39, 0.29) is 17.8 Å². The lowest BCUT2D eigenvalue weighted by Gasteiger charge is -2.15. The highest BCUT2D eigenvalue weighted by Crippen LogP contribution is 2.27. The summed E-state index contributed by atoms with van der Waals surface area (Å²) in [4.78, 5) is 0. The number of aryl methyl sites for hydroxylation is 1. The lowest BCUT2D eigenvalue weighted by molar-refractivity contribution is 0.241. The molecule has 84 valence electrons. The third-order valence-electron chi connectivity index (χ3n) is 2.26. The van der Waals surface area contributed by atoms with Gasteiger partial charge in [-0.3, -0.25) is 0 Å². The molecule has 0 amide bonds. The first-order chi connectivity index (χ1) is 6.91. The molecule has 1 aromatic rings. The van der Waals surface area contributed by atoms with Crippen molar-refractivity contribution in [1.29, 1.82) is 0 Å². The van der Waals surface area contributed by atoms with Crippen LogP contribution in [0.2, 0.25) is 0 Å². The first-order valence-corrected chi connectivity index (χ1v) is 5.38. The molecule has 0 unspecified atom stereocenters. The van der Waals surface area contributed by atoms with Gasteiger partial charge in [0, 0.05) is 6.07 Å². The van der Waals surface area contributed by atoms with Crippen LogP contribution in [0.1, 0.15) is 44.7 Å². The molecule has 0 atom stereocenters. The highest BCUT2D eigenvalue weighted by atomic mass is 19.1. The smallest absolute Gasteiger partial charge is 0.130 e. The van der Waals surface area contributed by atoms with Crippen molar-refractivity contribution in [3.8, 4) is 5.75 Å². The summed E-state index contributed by atoms with van der Waals surface area (Å²) in [6.07, 6.45) is 0.0775. The maximum absolute atomic E-state index is 13.7. The van der Waals surface area contributed by atoms with Crippen molar-refractivity contribution in [2.75, 3.05) is 0 Å². The molecule has 0 heterocycles. The molecule has 0 saturated heterocycles. The van der Waals surface area contributed by atoms with Crippen LogP contribution in [0.4, 0.5) is 4.39 Å². The van der Waals surface area contributed by atoms with Crippen molar-refractivity contribution in [3.63, 3.8) is 0 Å². The molecule has 0 aliphatic carbocycles. The van der Waals surface area contributed by atoms with Crippen LogP contribution in [0, 0.1) is 12.7 Å². The van der Waals surface area contributed by atoms with Gasteiger partial charge in [-0.2, -0.15) is 0 Å². The summed E-state index contributed by atoms with van der Waals surface area (Å²) in [5.74, 6) is 0.656. The maximum atomic E-state index is 13.7. The Kier molecular flexibility index (Phi) is 3.72. The minimum Gasteiger partial charge on any atom is -0.491 e. The van der Waals surface area contributed by atoms with E-state index in [1.807, 2.05) is 40.7 Å². The van der Waals surface area contributed by atoms with E-state index in [9.17, 15) is 4.39 Å². The van der Waals surface area contributed by atoms with Gasteiger partial charge in [0.2, 0.25) is 0 Å². The number of hydrogen-bond donors (Lipinski definition) is 0. The minimum absolute atomic E-state index is 0.0775. The lowest BCUT2D eigenvalue weighted by Crippen LogP contribution is -2.07. The quantitative estimate of drug-likeness (QED) is 0.731. The summed E-state index contributed by atoms with van der Waals surface area (Å²) < 4.78 is 19.2. The molecule has 0 aliphatic rings. The number of benzene rings is 1. The molecule has 0 N–H and O–H groups in total. The maximum Gasteiger partial charge on any atom is 0.130 e. The largest absolute Gasteiger partial charge is 0.491 e. The van der Waals surface area contributed by atoms with Crippen LogP contribution in [0.5, 0.6) is 5.75 Å². The number of halogens is 1. The highest BCUT2D eigenvalue weighted by Gasteiger charge is 2.12. The van der Waals surface area contributed by atoms with Gasteiger partial charge in [-0.05, 0) is 43.9 Å². The summed E-state index contributed by atoms with van der Waals surface area (Å²) in [6.45, 7) is 9.78. The van der Waals surface area contributed by atoms with Crippen LogP contribution in [0.3, 0.4) is 0 Å². The van der Waals surface area contributed by atoms with Crippen LogP contribution < -0.4 is 4.74 Å². The predicted molar refractivity (Wildman–Crippen MR) is 61.0 cm³/mol. The fourth-order valence-electron chi connectivity index (χ4n) is 1.80. The second-order valence-electron chi connectivity index (χ2n) is 4.46. The molecule has 0 spiro atoms. The van der Waals surface area contributed by atoms with Gasteiger partial charge in [-0.15, -0.1) is 0 Å². The van der Waals surface area contributed by atoms with Gasteiger partial charge in [-0.25, -0.2) is 4.39 Å². The van der Waals surface area contributed by atoms with Crippen molar-refractivity contribution in [3.05, 3.63) is 29.1 Å². The fraction of sp³-hybridized carbons (Fsp3) is 0.538. The SMILES string of the molecule is Cc1cc(OC(C)C)cc(F)c1C(C)C. The molecule has 0 aliphatic heterocycles. The Morgan fingerprint density at radius 2 is 1.73 bits per heavy atom. The van der Waals surface area contributed by atoms with E-state index in [4.69, 9.17) is 4.74 Å². The zero-order valence-corrected chi connectivity index (χ0v) is 10.1. The Labute approximate surface area is 91.3 Å². The molecule has 15 heavy (non-hydrogen) atoms. The van der Waals surface area contributed by atoms with Crippen molar-refractivity contribution >= 4 is 0 Å². The van der Waals surface area contributed by atoms with E-state index >= 15 is 0 Å². The van der Waals surface area contributed by atoms with Gasteiger partial charge in [0.25, 0.3) is 0 Å². The molecule has 0 radical (unpaired) electrons. The Balaban J connectivity index is 3.08. The lowest BCUT2D eigenvalue weighted by atomic mass is 9.97. The van der Waals surface area contributed by atoms with E-state index < -0.39 is 0 Å². The average molecular weight is 210 g/mol. The van der Waals surface area contributed by atoms with E-state index in [1.54, 1.807) is 0 Å². The molecule has 1 aromatic carbocycles. The van der Waals surface area contributed by atoms with Gasteiger partial charge in [0.15, 0.2) is 0 Å². The van der Waals surface area contributed by atoms with Gasteiger partial charge >= 0.3 is 0 Å². The van der Waals surface area contributed by atoms with Crippen LogP contribution in [0.25, 0.3) is 0 Å². The molecular weight excluding hydrogens is 191 g/mol. The average Bonchev–Trinajstić information content (AvgIpc) is 1.99. The topological polar surface area (TPSA) is 9.23 Å². The second-order valence-corrected chi connectivity index (χ2v) is 4.46. The minimum atomic E-state index is -0.166. The Bertz CT molecular complexity index is 319. The standard InChI is InChI=1S/C13H19FO/c1-8(2)13-10(5)6-11(7-12(13)14)15-9(3)4/h6-9H,1-5H3. The van der Waals surface area contributed by atoms with Crippen molar-refractivity contribution in [1.82, 2.24) is 0 Å². The number of hydrogen-bond acceptors (Lipinski definition) is 1. The van der Waals surface area contributed by atoms with Crippen molar-refractivity contribution < 1.29 is 9.13 Å². The summed E-state index contributed by atoms with van der Waals surface area (Å²) in [5.41, 5.74) is 1.74. The fourth-order valence-corrected chi connectivity index (χ4v) is 1.80. The van der Waals surface area contributed by atoms with E-state index in [2.05, 4.69) is 0 Å². The summed E-state index contributed by atoms with van der Waals surface area (Å²) in [5, 5.41) is 0. The molecule has 2 heteroatoms. The van der Waals surface area contributed by atoms with Gasteiger partial charge in [0.1, 0.15) is 11.6 Å². The van der Waals surface area contributed by atoms with Gasteiger partial charge in [0.05, 0.1) is 6.10 Å². The van der Waals surface area contributed by atoms with E-state index in [0.717, 1.165) is 11.1 Å². The molecule has 0 bridgehead atoms. The summed E-state index contributed by atoms with van der Waals surface area (Å²) in [6, 6.07) is 3.38. The third-order valence-corrected chi connectivity index (χ3v) is 2.26. The highest BCUT2D eigenvalue weighted by molar-refractivity contribution is 5.37. The zero-order chi connectivity index (χ0) is 11.6. The van der Waals surface area contributed by atoms with E-state index in [1.165, 1.54) is 6.07 Å². The molecular formula is C13H19FO. The van der Waals surface area contributed by atoms with Crippen molar-refractivity contribution in [2.45, 2.75) is 46.6 Å². The first-order valence-electron chi connectivity index (χ1n) is 5.38. The van der Waals surface area contributed by atoms with Crippen LogP contribution >= 0.6 is 0 Å². The predicted octanol–water partition coefficient (Wildman–Crippen LogP) is 4.04. The van der Waals surface area contributed by atoms with Gasteiger partial charge < -0.3 is 4.74 Å². The molecule has 1 rings (SSSR count). The van der Waals surface area contributed by atoms with Crippen LogP contribution in [-0.4, -0.2) is 6.10 Å². The van der Waals surface area contributed by atoms with Crippen molar-refractivity contribution in [2.24, 2.45) is 0 Å². The van der Waals surface area contributed by atoms with Crippen LogP contribution in [0.15, 0.2) is 12.1 Å². The van der Waals surface area contributed by atoms with Crippen LogP contribution in [-0.2, 0) is 0 Å². The van der Waals surface area contributed by atoms with E-state index in [0.29, 0.717) is 5.75 Å². The first kappa shape index (κ1) is 12.0. The summed E-state index contributed by atoms with van der Waals surface area (Å²) in [7, 11) is 0. The Morgan fingerprint density at radius 1 is 1.13 bits per heavy atom. The third kappa shape index (κ3) is 2.95. The second kappa shape index (κ2) is 4.65.